The van der Waals surface area contributed by atoms with Crippen molar-refractivity contribution in [1.82, 2.24) is 5.32 Å². The molecule has 0 bridgehead atoms. The molecule has 0 amide bonds. The van der Waals surface area contributed by atoms with Gasteiger partial charge < -0.3 is 15.3 Å². The van der Waals surface area contributed by atoms with Crippen LogP contribution in [0.5, 0.6) is 0 Å². The molecule has 3 nitrogen and oxygen atoms in total. The van der Waals surface area contributed by atoms with Crippen LogP contribution in [-0.2, 0) is 0 Å². The zero-order valence-corrected chi connectivity index (χ0v) is 12.4. The zero-order valence-electron chi connectivity index (χ0n) is 10.8. The predicted molar refractivity (Wildman–Crippen MR) is 79.2 cm³/mol. The van der Waals surface area contributed by atoms with Gasteiger partial charge in [0.15, 0.2) is 0 Å². The Morgan fingerprint density at radius 1 is 1.50 bits per heavy atom. The summed E-state index contributed by atoms with van der Waals surface area (Å²) in [5, 5.41) is 12.6. The molecule has 1 unspecified atom stereocenters. The average molecular weight is 313 g/mol. The fraction of sp³-hybridized carbons (Fsp3) is 0.571. The van der Waals surface area contributed by atoms with E-state index in [-0.39, 0.29) is 6.61 Å². The van der Waals surface area contributed by atoms with Crippen molar-refractivity contribution in [3.63, 3.8) is 0 Å². The molecule has 0 spiro atoms. The highest BCUT2D eigenvalue weighted by Gasteiger charge is 2.18. The molecule has 18 heavy (non-hydrogen) atoms. The minimum absolute atomic E-state index is 0.251. The molecule has 4 heteroatoms. The summed E-state index contributed by atoms with van der Waals surface area (Å²) in [6, 6.07) is 6.88. The highest BCUT2D eigenvalue weighted by molar-refractivity contribution is 9.10. The van der Waals surface area contributed by atoms with E-state index in [1.54, 1.807) is 0 Å². The van der Waals surface area contributed by atoms with Gasteiger partial charge in [0.1, 0.15) is 0 Å². The van der Waals surface area contributed by atoms with E-state index in [2.05, 4.69) is 51.3 Å². The van der Waals surface area contributed by atoms with Gasteiger partial charge in [-0.15, -0.1) is 0 Å². The van der Waals surface area contributed by atoms with E-state index in [4.69, 9.17) is 5.11 Å². The molecule has 0 aliphatic carbocycles. The summed E-state index contributed by atoms with van der Waals surface area (Å²) in [6.07, 6.45) is 1.96. The van der Waals surface area contributed by atoms with E-state index < -0.39 is 0 Å². The summed E-state index contributed by atoms with van der Waals surface area (Å²) in [5.74, 6) is 0. The minimum atomic E-state index is 0.251. The number of rotatable bonds is 3. The molecule has 2 N–H and O–H groups in total. The second kappa shape index (κ2) is 6.55. The lowest BCUT2D eigenvalue weighted by atomic mass is 10.1. The molecule has 1 fully saturated rings. The highest BCUT2D eigenvalue weighted by atomic mass is 79.9. The normalized spacial score (nSPS) is 20.8. The van der Waals surface area contributed by atoms with Gasteiger partial charge >= 0.3 is 0 Å². The summed E-state index contributed by atoms with van der Waals surface area (Å²) >= 11 is 3.66. The van der Waals surface area contributed by atoms with E-state index in [0.717, 1.165) is 36.9 Å². The lowest BCUT2D eigenvalue weighted by Gasteiger charge is -2.27. The lowest BCUT2D eigenvalue weighted by molar-refractivity contribution is 0.267. The molecule has 2 rings (SSSR count). The molecule has 1 saturated heterocycles. The Balaban J connectivity index is 2.14. The number of benzene rings is 1. The van der Waals surface area contributed by atoms with Crippen molar-refractivity contribution in [2.45, 2.75) is 25.8 Å². The van der Waals surface area contributed by atoms with E-state index in [0.29, 0.717) is 6.04 Å². The topological polar surface area (TPSA) is 35.5 Å². The number of hydrogen-bond donors (Lipinski definition) is 2. The first-order valence-corrected chi connectivity index (χ1v) is 7.35. The van der Waals surface area contributed by atoms with Gasteiger partial charge in [0, 0.05) is 30.2 Å². The Hall–Kier alpha value is -0.580. The molecule has 1 aliphatic rings. The lowest BCUT2D eigenvalue weighted by Crippen LogP contribution is -2.38. The van der Waals surface area contributed by atoms with Crippen molar-refractivity contribution < 1.29 is 5.11 Å². The van der Waals surface area contributed by atoms with Crippen LogP contribution in [0.2, 0.25) is 0 Å². The molecule has 0 aromatic heterocycles. The fourth-order valence-corrected chi connectivity index (χ4v) is 3.18. The molecule has 1 atom stereocenters. The standard InChI is InChI=1S/C14H21BrN2O/c1-11-3-4-14(13(15)9-11)17-7-2-6-16-12(10-17)5-8-18/h3-4,9,12,16,18H,2,5-8,10H2,1H3. The first kappa shape index (κ1) is 13.8. The van der Waals surface area contributed by atoms with Crippen molar-refractivity contribution in [2.24, 2.45) is 0 Å². The maximum absolute atomic E-state index is 9.09. The second-order valence-electron chi connectivity index (χ2n) is 4.92. The van der Waals surface area contributed by atoms with Crippen molar-refractivity contribution in [2.75, 3.05) is 31.1 Å². The Labute approximate surface area is 117 Å². The molecular formula is C14H21BrN2O. The molecule has 1 aromatic rings. The van der Waals surface area contributed by atoms with Gasteiger partial charge in [-0.2, -0.15) is 0 Å². The van der Waals surface area contributed by atoms with Gasteiger partial charge in [-0.1, -0.05) is 6.07 Å². The maximum Gasteiger partial charge on any atom is 0.0511 e. The molecule has 100 valence electrons. The number of nitrogens with zero attached hydrogens (tertiary/aromatic N) is 1. The summed E-state index contributed by atoms with van der Waals surface area (Å²) in [6.45, 7) is 5.41. The minimum Gasteiger partial charge on any atom is -0.396 e. The number of halogens is 1. The Morgan fingerprint density at radius 3 is 3.06 bits per heavy atom. The van der Waals surface area contributed by atoms with Crippen LogP contribution < -0.4 is 10.2 Å². The van der Waals surface area contributed by atoms with Crippen molar-refractivity contribution in [1.29, 1.82) is 0 Å². The highest BCUT2D eigenvalue weighted by Crippen LogP contribution is 2.28. The number of aryl methyl sites for hydroxylation is 1. The molecule has 0 saturated carbocycles. The number of nitrogens with one attached hydrogen (secondary N) is 1. The van der Waals surface area contributed by atoms with Crippen molar-refractivity contribution in [3.05, 3.63) is 28.2 Å². The number of aliphatic hydroxyl groups is 1. The molecule has 1 aliphatic heterocycles. The smallest absolute Gasteiger partial charge is 0.0511 e. The largest absolute Gasteiger partial charge is 0.396 e. The summed E-state index contributed by atoms with van der Waals surface area (Å²) in [4.78, 5) is 2.41. The number of aliphatic hydroxyl groups excluding tert-OH is 1. The van der Waals surface area contributed by atoms with Gasteiger partial charge in [0.05, 0.1) is 5.69 Å². The van der Waals surface area contributed by atoms with Gasteiger partial charge in [-0.05, 0) is 59.9 Å². The van der Waals surface area contributed by atoms with Gasteiger partial charge in [-0.25, -0.2) is 0 Å². The van der Waals surface area contributed by atoms with Crippen molar-refractivity contribution in [3.8, 4) is 0 Å². The third kappa shape index (κ3) is 3.46. The molecule has 0 radical (unpaired) electrons. The van der Waals surface area contributed by atoms with Crippen LogP contribution in [0.3, 0.4) is 0 Å². The van der Waals surface area contributed by atoms with Crippen LogP contribution in [0, 0.1) is 6.92 Å². The van der Waals surface area contributed by atoms with E-state index in [1.165, 1.54) is 11.3 Å². The summed E-state index contributed by atoms with van der Waals surface area (Å²) in [7, 11) is 0. The van der Waals surface area contributed by atoms with Crippen LogP contribution in [0.1, 0.15) is 18.4 Å². The van der Waals surface area contributed by atoms with Gasteiger partial charge in [0.25, 0.3) is 0 Å². The first-order chi connectivity index (χ1) is 8.70. The summed E-state index contributed by atoms with van der Waals surface area (Å²) < 4.78 is 1.16. The van der Waals surface area contributed by atoms with Gasteiger partial charge in [-0.3, -0.25) is 0 Å². The van der Waals surface area contributed by atoms with Crippen LogP contribution in [0.25, 0.3) is 0 Å². The van der Waals surface area contributed by atoms with E-state index >= 15 is 0 Å². The van der Waals surface area contributed by atoms with Crippen LogP contribution in [-0.4, -0.2) is 37.4 Å². The van der Waals surface area contributed by atoms with E-state index in [9.17, 15) is 0 Å². The Morgan fingerprint density at radius 2 is 2.33 bits per heavy atom. The third-order valence-electron chi connectivity index (χ3n) is 3.40. The molecular weight excluding hydrogens is 292 g/mol. The zero-order chi connectivity index (χ0) is 13.0. The number of anilines is 1. The first-order valence-electron chi connectivity index (χ1n) is 6.56. The quantitative estimate of drug-likeness (QED) is 0.899. The van der Waals surface area contributed by atoms with Crippen molar-refractivity contribution >= 4 is 21.6 Å². The average Bonchev–Trinajstić information content (AvgIpc) is 2.55. The maximum atomic E-state index is 9.09. The van der Waals surface area contributed by atoms with Gasteiger partial charge in [0.2, 0.25) is 0 Å². The van der Waals surface area contributed by atoms with Crippen LogP contribution in [0.15, 0.2) is 22.7 Å². The SMILES string of the molecule is Cc1ccc(N2CCCNC(CCO)C2)c(Br)c1. The van der Waals surface area contributed by atoms with Crippen LogP contribution >= 0.6 is 15.9 Å². The Bertz CT molecular complexity index is 397. The van der Waals surface area contributed by atoms with E-state index in [1.807, 2.05) is 0 Å². The predicted octanol–water partition coefficient (Wildman–Crippen LogP) is 2.31. The molecule has 1 heterocycles. The monoisotopic (exact) mass is 312 g/mol. The third-order valence-corrected chi connectivity index (χ3v) is 4.04. The summed E-state index contributed by atoms with van der Waals surface area (Å²) in [5.41, 5.74) is 2.53. The fourth-order valence-electron chi connectivity index (χ4n) is 2.43. The van der Waals surface area contributed by atoms with Crippen LogP contribution in [0.4, 0.5) is 5.69 Å². The number of hydrogen-bond acceptors (Lipinski definition) is 3. The second-order valence-corrected chi connectivity index (χ2v) is 5.77. The Kier molecular flexibility index (Phi) is 5.03. The molecule has 1 aromatic carbocycles.